The number of hydrogen-bond donors (Lipinski definition) is 2. The van der Waals surface area contributed by atoms with Crippen LogP contribution in [-0.4, -0.2) is 10.2 Å². The van der Waals surface area contributed by atoms with E-state index in [1.54, 1.807) is 24.3 Å². The van der Waals surface area contributed by atoms with E-state index in [1.807, 2.05) is 24.3 Å². The molecule has 0 radical (unpaired) electrons. The highest BCUT2D eigenvalue weighted by Crippen LogP contribution is 2.21. The van der Waals surface area contributed by atoms with Crippen LogP contribution in [0, 0.1) is 0 Å². The van der Waals surface area contributed by atoms with Gasteiger partial charge in [-0.2, -0.15) is 0 Å². The minimum atomic E-state index is -0.0822. The maximum absolute atomic E-state index is 9.68. The third-order valence-electron chi connectivity index (χ3n) is 2.10. The molecule has 70 valence electrons. The van der Waals surface area contributed by atoms with Gasteiger partial charge >= 0.3 is 0 Å². The van der Waals surface area contributed by atoms with Gasteiger partial charge in [-0.25, -0.2) is 0 Å². The summed E-state index contributed by atoms with van der Waals surface area (Å²) in [7, 11) is 0. The SMILES string of the molecule is OC(=C1C=CC=C1)C(O)=C1C=CC=C1. The Morgan fingerprint density at radius 1 is 0.643 bits per heavy atom. The van der Waals surface area contributed by atoms with Crippen molar-refractivity contribution in [3.8, 4) is 0 Å². The zero-order chi connectivity index (χ0) is 9.97. The fraction of sp³-hybridized carbons (Fsp3) is 0. The Kier molecular flexibility index (Phi) is 2.11. The predicted molar refractivity (Wildman–Crippen MR) is 55.9 cm³/mol. The van der Waals surface area contributed by atoms with E-state index in [2.05, 4.69) is 0 Å². The van der Waals surface area contributed by atoms with Crippen LogP contribution in [0.25, 0.3) is 0 Å². The fourth-order valence-corrected chi connectivity index (χ4v) is 1.34. The zero-order valence-corrected chi connectivity index (χ0v) is 7.51. The highest BCUT2D eigenvalue weighted by Gasteiger charge is 2.11. The lowest BCUT2D eigenvalue weighted by Crippen LogP contribution is -1.93. The molecule has 0 spiro atoms. The second-order valence-electron chi connectivity index (χ2n) is 3.04. The maximum Gasteiger partial charge on any atom is 0.165 e. The first kappa shape index (κ1) is 8.63. The molecule has 2 aliphatic rings. The average molecular weight is 186 g/mol. The van der Waals surface area contributed by atoms with Crippen molar-refractivity contribution in [3.05, 3.63) is 71.3 Å². The van der Waals surface area contributed by atoms with Crippen LogP contribution in [0.15, 0.2) is 71.3 Å². The summed E-state index contributed by atoms with van der Waals surface area (Å²) in [4.78, 5) is 0. The normalized spacial score (nSPS) is 17.1. The molecule has 0 aliphatic heterocycles. The number of allylic oxidation sites excluding steroid dienone is 10. The smallest absolute Gasteiger partial charge is 0.165 e. The van der Waals surface area contributed by atoms with Gasteiger partial charge in [-0.1, -0.05) is 48.6 Å². The van der Waals surface area contributed by atoms with Crippen molar-refractivity contribution in [2.45, 2.75) is 0 Å². The molecule has 0 saturated carbocycles. The average Bonchev–Trinajstić information content (AvgIpc) is 2.87. The molecule has 2 heteroatoms. The van der Waals surface area contributed by atoms with E-state index in [4.69, 9.17) is 0 Å². The number of hydrogen-bond acceptors (Lipinski definition) is 2. The molecule has 0 fully saturated rings. The monoisotopic (exact) mass is 186 g/mol. The van der Waals surface area contributed by atoms with Gasteiger partial charge < -0.3 is 10.2 Å². The summed E-state index contributed by atoms with van der Waals surface area (Å²) in [6.07, 6.45) is 14.2. The molecule has 0 aromatic carbocycles. The Morgan fingerprint density at radius 3 is 1.21 bits per heavy atom. The molecule has 0 amide bonds. The lowest BCUT2D eigenvalue weighted by molar-refractivity contribution is 0.322. The van der Waals surface area contributed by atoms with Gasteiger partial charge in [-0.05, 0) is 0 Å². The molecule has 0 aromatic rings. The van der Waals surface area contributed by atoms with E-state index >= 15 is 0 Å². The first-order valence-corrected chi connectivity index (χ1v) is 4.35. The topological polar surface area (TPSA) is 40.5 Å². The van der Waals surface area contributed by atoms with Gasteiger partial charge in [0.25, 0.3) is 0 Å². The first-order chi connectivity index (χ1) is 6.79. The Hall–Kier alpha value is -1.96. The fourth-order valence-electron chi connectivity index (χ4n) is 1.34. The summed E-state index contributed by atoms with van der Waals surface area (Å²) < 4.78 is 0. The summed E-state index contributed by atoms with van der Waals surface area (Å²) in [5.41, 5.74) is 1.26. The van der Waals surface area contributed by atoms with E-state index in [-0.39, 0.29) is 11.5 Å². The van der Waals surface area contributed by atoms with E-state index in [1.165, 1.54) is 0 Å². The van der Waals surface area contributed by atoms with E-state index in [9.17, 15) is 10.2 Å². The van der Waals surface area contributed by atoms with Gasteiger partial charge in [0, 0.05) is 11.1 Å². The van der Waals surface area contributed by atoms with Crippen molar-refractivity contribution < 1.29 is 10.2 Å². The lowest BCUT2D eigenvalue weighted by Gasteiger charge is -2.02. The van der Waals surface area contributed by atoms with Crippen molar-refractivity contribution in [3.63, 3.8) is 0 Å². The largest absolute Gasteiger partial charge is 0.504 e. The van der Waals surface area contributed by atoms with Crippen molar-refractivity contribution in [1.82, 2.24) is 0 Å². The lowest BCUT2D eigenvalue weighted by atomic mass is 10.1. The van der Waals surface area contributed by atoms with Crippen LogP contribution in [-0.2, 0) is 0 Å². The molecular formula is C12H10O2. The predicted octanol–water partition coefficient (Wildman–Crippen LogP) is 2.86. The van der Waals surface area contributed by atoms with Gasteiger partial charge in [0.05, 0.1) is 0 Å². The third-order valence-corrected chi connectivity index (χ3v) is 2.10. The van der Waals surface area contributed by atoms with Gasteiger partial charge in [0.1, 0.15) is 0 Å². The molecule has 0 heterocycles. The zero-order valence-electron chi connectivity index (χ0n) is 7.51. The van der Waals surface area contributed by atoms with E-state index in [0.717, 1.165) is 0 Å². The van der Waals surface area contributed by atoms with E-state index < -0.39 is 0 Å². The maximum atomic E-state index is 9.68. The van der Waals surface area contributed by atoms with Crippen molar-refractivity contribution >= 4 is 0 Å². The van der Waals surface area contributed by atoms with Crippen molar-refractivity contribution in [2.24, 2.45) is 0 Å². The summed E-state index contributed by atoms with van der Waals surface area (Å²) in [5.74, 6) is -0.164. The van der Waals surface area contributed by atoms with Crippen LogP contribution in [0.3, 0.4) is 0 Å². The number of aliphatic hydroxyl groups excluding tert-OH is 2. The Bertz CT molecular complexity index is 359. The Labute approximate surface area is 82.2 Å². The van der Waals surface area contributed by atoms with Gasteiger partial charge in [-0.3, -0.25) is 0 Å². The van der Waals surface area contributed by atoms with Crippen LogP contribution in [0.5, 0.6) is 0 Å². The first-order valence-electron chi connectivity index (χ1n) is 4.35. The van der Waals surface area contributed by atoms with Crippen LogP contribution in [0.1, 0.15) is 0 Å². The van der Waals surface area contributed by atoms with Crippen LogP contribution in [0.4, 0.5) is 0 Å². The van der Waals surface area contributed by atoms with Crippen LogP contribution in [0.2, 0.25) is 0 Å². The van der Waals surface area contributed by atoms with Crippen LogP contribution >= 0.6 is 0 Å². The minimum Gasteiger partial charge on any atom is -0.504 e. The van der Waals surface area contributed by atoms with Crippen LogP contribution < -0.4 is 0 Å². The molecule has 0 saturated heterocycles. The molecule has 2 aliphatic carbocycles. The molecule has 2 N–H and O–H groups in total. The minimum absolute atomic E-state index is 0.0822. The molecule has 14 heavy (non-hydrogen) atoms. The van der Waals surface area contributed by atoms with Gasteiger partial charge in [0.15, 0.2) is 11.5 Å². The molecule has 0 aromatic heterocycles. The summed E-state index contributed by atoms with van der Waals surface area (Å²) in [5, 5.41) is 19.4. The van der Waals surface area contributed by atoms with E-state index in [0.29, 0.717) is 11.1 Å². The molecule has 2 rings (SSSR count). The van der Waals surface area contributed by atoms with Gasteiger partial charge in [-0.15, -0.1) is 0 Å². The number of aliphatic hydroxyl groups is 2. The molecule has 2 nitrogen and oxygen atoms in total. The molecule has 0 bridgehead atoms. The second kappa shape index (κ2) is 3.42. The van der Waals surface area contributed by atoms with Crippen molar-refractivity contribution in [1.29, 1.82) is 0 Å². The Morgan fingerprint density at radius 2 is 0.929 bits per heavy atom. The second-order valence-corrected chi connectivity index (χ2v) is 3.04. The molecule has 0 unspecified atom stereocenters. The highest BCUT2D eigenvalue weighted by atomic mass is 16.3. The molecular weight excluding hydrogens is 176 g/mol. The standard InChI is InChI=1S/C12H10O2/c13-11(9-5-1-2-6-9)12(14)10-7-3-4-8-10/h1-8,13-14H. The molecule has 0 atom stereocenters. The van der Waals surface area contributed by atoms with Gasteiger partial charge in [0.2, 0.25) is 0 Å². The number of rotatable bonds is 1. The summed E-state index contributed by atoms with van der Waals surface area (Å²) >= 11 is 0. The summed E-state index contributed by atoms with van der Waals surface area (Å²) in [6, 6.07) is 0. The van der Waals surface area contributed by atoms with Crippen molar-refractivity contribution in [2.75, 3.05) is 0 Å². The highest BCUT2D eigenvalue weighted by molar-refractivity contribution is 5.51. The Balaban J connectivity index is 2.41. The quantitative estimate of drug-likeness (QED) is 0.618. The summed E-state index contributed by atoms with van der Waals surface area (Å²) in [6.45, 7) is 0. The third kappa shape index (κ3) is 1.42.